The van der Waals surface area contributed by atoms with Gasteiger partial charge in [-0.2, -0.15) is 5.10 Å². The molecule has 0 aliphatic rings. The van der Waals surface area contributed by atoms with Gasteiger partial charge in [0.1, 0.15) is 18.1 Å². The Bertz CT molecular complexity index is 533. The Hall–Kier alpha value is -2.34. The van der Waals surface area contributed by atoms with Gasteiger partial charge in [0.25, 0.3) is 0 Å². The molecule has 0 unspecified atom stereocenters. The Labute approximate surface area is 103 Å². The first-order valence-electron chi connectivity index (χ1n) is 5.33. The molecule has 2 aromatic rings. The summed E-state index contributed by atoms with van der Waals surface area (Å²) in [4.78, 5) is 10.7. The van der Waals surface area contributed by atoms with Crippen LogP contribution in [0.1, 0.15) is 10.5 Å². The van der Waals surface area contributed by atoms with Gasteiger partial charge in [0, 0.05) is 5.56 Å². The molecule has 94 valence electrons. The molecule has 0 aliphatic heterocycles. The number of rotatable bonds is 5. The summed E-state index contributed by atoms with van der Waals surface area (Å²) in [5, 5.41) is 23.7. The van der Waals surface area contributed by atoms with Crippen molar-refractivity contribution in [2.45, 2.75) is 0 Å². The van der Waals surface area contributed by atoms with E-state index in [1.807, 2.05) is 0 Å². The lowest BCUT2D eigenvalue weighted by molar-refractivity contribution is 0.0690. The highest BCUT2D eigenvalue weighted by Crippen LogP contribution is 2.21. The molecular formula is C12H12N2O4. The maximum absolute atomic E-state index is 10.7. The van der Waals surface area contributed by atoms with Crippen molar-refractivity contribution in [2.24, 2.45) is 0 Å². The molecular weight excluding hydrogens is 236 g/mol. The van der Waals surface area contributed by atoms with Crippen LogP contribution in [0, 0.1) is 0 Å². The van der Waals surface area contributed by atoms with Crippen LogP contribution >= 0.6 is 0 Å². The topological polar surface area (TPSA) is 95.4 Å². The first-order valence-corrected chi connectivity index (χ1v) is 5.33. The molecule has 6 heteroatoms. The van der Waals surface area contributed by atoms with Crippen LogP contribution in [0.3, 0.4) is 0 Å². The number of carbonyl (C=O) groups is 1. The van der Waals surface area contributed by atoms with E-state index in [2.05, 4.69) is 10.2 Å². The van der Waals surface area contributed by atoms with E-state index in [1.165, 1.54) is 6.07 Å². The zero-order chi connectivity index (χ0) is 13.0. The summed E-state index contributed by atoms with van der Waals surface area (Å²) in [5.41, 5.74) is 1.39. The van der Waals surface area contributed by atoms with Gasteiger partial charge >= 0.3 is 5.97 Å². The van der Waals surface area contributed by atoms with Crippen molar-refractivity contribution in [1.29, 1.82) is 0 Å². The number of hydrogen-bond acceptors (Lipinski definition) is 4. The number of aromatic nitrogens is 2. The Morgan fingerprint density at radius 1 is 1.33 bits per heavy atom. The van der Waals surface area contributed by atoms with Crippen molar-refractivity contribution in [3.05, 3.63) is 36.0 Å². The first kappa shape index (κ1) is 12.1. The summed E-state index contributed by atoms with van der Waals surface area (Å²) < 4.78 is 5.22. The van der Waals surface area contributed by atoms with E-state index < -0.39 is 5.97 Å². The van der Waals surface area contributed by atoms with Gasteiger partial charge in [0.05, 0.1) is 12.3 Å². The predicted octanol–water partition coefficient (Wildman–Crippen LogP) is 1.15. The lowest BCUT2D eigenvalue weighted by Crippen LogP contribution is -2.01. The van der Waals surface area contributed by atoms with Crippen LogP contribution in [-0.2, 0) is 0 Å². The Morgan fingerprint density at radius 2 is 2.06 bits per heavy atom. The zero-order valence-corrected chi connectivity index (χ0v) is 9.46. The van der Waals surface area contributed by atoms with Crippen LogP contribution < -0.4 is 4.74 Å². The lowest BCUT2D eigenvalue weighted by Gasteiger charge is -2.04. The standard InChI is InChI=1S/C12H12N2O4/c15-5-6-18-9-3-1-8(2-4-9)10-7-11(12(16)17)14-13-10/h1-4,7,15H,5-6H2,(H,13,14)(H,16,17). The molecule has 0 radical (unpaired) electrons. The Balaban J connectivity index is 2.15. The number of hydrogen-bond donors (Lipinski definition) is 3. The SMILES string of the molecule is O=C(O)c1cc(-c2ccc(OCCO)cc2)n[nH]1. The van der Waals surface area contributed by atoms with Crippen molar-refractivity contribution >= 4 is 5.97 Å². The number of H-pyrrole nitrogens is 1. The minimum Gasteiger partial charge on any atom is -0.491 e. The molecule has 1 aromatic carbocycles. The van der Waals surface area contributed by atoms with Gasteiger partial charge in [0.15, 0.2) is 0 Å². The van der Waals surface area contributed by atoms with E-state index in [0.717, 1.165) is 5.56 Å². The summed E-state index contributed by atoms with van der Waals surface area (Å²) in [6.45, 7) is 0.202. The fourth-order valence-electron chi connectivity index (χ4n) is 1.46. The molecule has 3 N–H and O–H groups in total. The number of aromatic amines is 1. The van der Waals surface area contributed by atoms with Crippen LogP contribution in [0.2, 0.25) is 0 Å². The number of carboxylic acids is 1. The van der Waals surface area contributed by atoms with Crippen molar-refractivity contribution < 1.29 is 19.7 Å². The number of nitrogens with zero attached hydrogens (tertiary/aromatic N) is 1. The fraction of sp³-hybridized carbons (Fsp3) is 0.167. The molecule has 0 aliphatic carbocycles. The number of aromatic carboxylic acids is 1. The summed E-state index contributed by atoms with van der Waals surface area (Å²) in [6, 6.07) is 8.48. The molecule has 0 saturated carbocycles. The van der Waals surface area contributed by atoms with Gasteiger partial charge < -0.3 is 14.9 Å². The van der Waals surface area contributed by atoms with Gasteiger partial charge in [-0.1, -0.05) is 0 Å². The third-order valence-electron chi connectivity index (χ3n) is 2.32. The van der Waals surface area contributed by atoms with Crippen molar-refractivity contribution in [2.75, 3.05) is 13.2 Å². The molecule has 0 fully saturated rings. The van der Waals surface area contributed by atoms with E-state index >= 15 is 0 Å². The van der Waals surface area contributed by atoms with Gasteiger partial charge in [-0.05, 0) is 30.3 Å². The Kier molecular flexibility index (Phi) is 3.59. The van der Waals surface area contributed by atoms with Crippen LogP contribution in [0.15, 0.2) is 30.3 Å². The first-order chi connectivity index (χ1) is 8.70. The van der Waals surface area contributed by atoms with Gasteiger partial charge in [-0.25, -0.2) is 4.79 Å². The molecule has 2 rings (SSSR count). The highest BCUT2D eigenvalue weighted by atomic mass is 16.5. The largest absolute Gasteiger partial charge is 0.491 e. The maximum atomic E-state index is 10.7. The van der Waals surface area contributed by atoms with Crippen LogP contribution in [0.25, 0.3) is 11.3 Å². The van der Waals surface area contributed by atoms with Gasteiger partial charge in [0.2, 0.25) is 0 Å². The van der Waals surface area contributed by atoms with Crippen LogP contribution in [0.5, 0.6) is 5.75 Å². The highest BCUT2D eigenvalue weighted by Gasteiger charge is 2.09. The number of carboxylic acid groups (broad SMARTS) is 1. The van der Waals surface area contributed by atoms with Crippen molar-refractivity contribution in [3.63, 3.8) is 0 Å². The summed E-state index contributed by atoms with van der Waals surface area (Å²) in [7, 11) is 0. The van der Waals surface area contributed by atoms with E-state index in [0.29, 0.717) is 11.4 Å². The average molecular weight is 248 g/mol. The quantitative estimate of drug-likeness (QED) is 0.737. The number of aliphatic hydroxyl groups excluding tert-OH is 1. The fourth-order valence-corrected chi connectivity index (χ4v) is 1.46. The van der Waals surface area contributed by atoms with Crippen molar-refractivity contribution in [3.8, 4) is 17.0 Å². The normalized spacial score (nSPS) is 10.3. The molecule has 0 bridgehead atoms. The van der Waals surface area contributed by atoms with E-state index in [9.17, 15) is 4.79 Å². The Morgan fingerprint density at radius 3 is 2.61 bits per heavy atom. The smallest absolute Gasteiger partial charge is 0.353 e. The molecule has 6 nitrogen and oxygen atoms in total. The van der Waals surface area contributed by atoms with Crippen LogP contribution in [0.4, 0.5) is 0 Å². The van der Waals surface area contributed by atoms with Gasteiger partial charge in [-0.3, -0.25) is 5.10 Å². The predicted molar refractivity (Wildman–Crippen MR) is 63.6 cm³/mol. The highest BCUT2D eigenvalue weighted by molar-refractivity contribution is 5.86. The minimum atomic E-state index is -1.04. The average Bonchev–Trinajstić information content (AvgIpc) is 2.87. The van der Waals surface area contributed by atoms with E-state index in [-0.39, 0.29) is 18.9 Å². The number of benzene rings is 1. The second-order valence-electron chi connectivity index (χ2n) is 3.57. The third kappa shape index (κ3) is 2.67. The summed E-state index contributed by atoms with van der Waals surface area (Å²) >= 11 is 0. The molecule has 1 heterocycles. The monoisotopic (exact) mass is 248 g/mol. The van der Waals surface area contributed by atoms with Gasteiger partial charge in [-0.15, -0.1) is 0 Å². The number of nitrogens with one attached hydrogen (secondary N) is 1. The molecule has 0 amide bonds. The second kappa shape index (κ2) is 5.33. The molecule has 18 heavy (non-hydrogen) atoms. The minimum absolute atomic E-state index is 0.0386. The number of ether oxygens (including phenoxy) is 1. The van der Waals surface area contributed by atoms with Crippen LogP contribution in [-0.4, -0.2) is 39.6 Å². The molecule has 1 aromatic heterocycles. The number of aliphatic hydroxyl groups is 1. The lowest BCUT2D eigenvalue weighted by atomic mass is 10.1. The molecule has 0 spiro atoms. The maximum Gasteiger partial charge on any atom is 0.353 e. The second-order valence-corrected chi connectivity index (χ2v) is 3.57. The van der Waals surface area contributed by atoms with Crippen molar-refractivity contribution in [1.82, 2.24) is 10.2 Å². The third-order valence-corrected chi connectivity index (χ3v) is 2.32. The van der Waals surface area contributed by atoms with E-state index in [1.54, 1.807) is 24.3 Å². The summed E-state index contributed by atoms with van der Waals surface area (Å²) in [5.74, 6) is -0.404. The molecule has 0 saturated heterocycles. The zero-order valence-electron chi connectivity index (χ0n) is 9.46. The molecule has 0 atom stereocenters. The van der Waals surface area contributed by atoms with E-state index in [4.69, 9.17) is 14.9 Å². The summed E-state index contributed by atoms with van der Waals surface area (Å²) in [6.07, 6.45) is 0.